The van der Waals surface area contributed by atoms with Crippen LogP contribution in [-0.4, -0.2) is 35.4 Å². The highest BCUT2D eigenvalue weighted by Gasteiger charge is 2.16. The molecule has 0 spiro atoms. The van der Waals surface area contributed by atoms with E-state index in [0.717, 1.165) is 26.1 Å². The lowest BCUT2D eigenvalue weighted by Crippen LogP contribution is -2.20. The Morgan fingerprint density at radius 1 is 1.55 bits per heavy atom. The minimum Gasteiger partial charge on any atom is -0.395 e. The van der Waals surface area contributed by atoms with Gasteiger partial charge in [0.15, 0.2) is 0 Å². The molecule has 1 fully saturated rings. The normalized spacial score (nSPS) is 23.5. The Morgan fingerprint density at radius 2 is 2.18 bits per heavy atom. The van der Waals surface area contributed by atoms with Crippen molar-refractivity contribution in [2.24, 2.45) is 0 Å². The van der Waals surface area contributed by atoms with Gasteiger partial charge in [0.1, 0.15) is 0 Å². The Labute approximate surface area is 72.3 Å². The highest BCUT2D eigenvalue weighted by atomic mass is 32.2. The van der Waals surface area contributed by atoms with Gasteiger partial charge in [0, 0.05) is 23.7 Å². The van der Waals surface area contributed by atoms with E-state index in [1.165, 1.54) is 0 Å². The average Bonchev–Trinajstić information content (AvgIpc) is 2.06. The van der Waals surface area contributed by atoms with Gasteiger partial charge < -0.3 is 9.84 Å². The third-order valence-electron chi connectivity index (χ3n) is 1.85. The summed E-state index contributed by atoms with van der Waals surface area (Å²) in [5, 5.41) is 9.91. The van der Waals surface area contributed by atoms with Crippen molar-refractivity contribution >= 4 is 11.8 Å². The number of thioether (sulfide) groups is 1. The number of aliphatic hydroxyl groups excluding tert-OH is 1. The van der Waals surface area contributed by atoms with E-state index in [1.54, 1.807) is 0 Å². The van der Waals surface area contributed by atoms with Crippen molar-refractivity contribution in [2.75, 3.05) is 19.8 Å². The quantitative estimate of drug-likeness (QED) is 0.702. The molecule has 1 unspecified atom stereocenters. The van der Waals surface area contributed by atoms with Crippen molar-refractivity contribution in [1.29, 1.82) is 0 Å². The molecule has 3 heteroatoms. The van der Waals surface area contributed by atoms with Crippen molar-refractivity contribution in [3.05, 3.63) is 0 Å². The van der Waals surface area contributed by atoms with Gasteiger partial charge in [-0.25, -0.2) is 0 Å². The largest absolute Gasteiger partial charge is 0.395 e. The molecule has 1 N–H and O–H groups in total. The summed E-state index contributed by atoms with van der Waals surface area (Å²) < 4.78 is 5.24. The molecule has 0 aromatic carbocycles. The van der Waals surface area contributed by atoms with E-state index >= 15 is 0 Å². The van der Waals surface area contributed by atoms with Crippen LogP contribution in [0.4, 0.5) is 0 Å². The molecule has 0 bridgehead atoms. The van der Waals surface area contributed by atoms with Gasteiger partial charge in [-0.05, 0) is 12.8 Å². The molecule has 0 aromatic rings. The van der Waals surface area contributed by atoms with Crippen LogP contribution in [0.3, 0.4) is 0 Å². The van der Waals surface area contributed by atoms with Gasteiger partial charge in [0.25, 0.3) is 0 Å². The molecule has 66 valence electrons. The van der Waals surface area contributed by atoms with Crippen LogP contribution in [0.2, 0.25) is 0 Å². The Hall–Kier alpha value is 0.270. The molecule has 1 rings (SSSR count). The van der Waals surface area contributed by atoms with Crippen LogP contribution in [0, 0.1) is 0 Å². The van der Waals surface area contributed by atoms with E-state index in [1.807, 2.05) is 11.8 Å². The third kappa shape index (κ3) is 3.45. The summed E-state index contributed by atoms with van der Waals surface area (Å²) in [4.78, 5) is 0. The number of aliphatic hydroxyl groups is 1. The monoisotopic (exact) mass is 176 g/mol. The highest BCUT2D eigenvalue weighted by Crippen LogP contribution is 2.25. The van der Waals surface area contributed by atoms with Crippen LogP contribution in [0.1, 0.15) is 19.8 Å². The molecule has 0 radical (unpaired) electrons. The predicted molar refractivity (Wildman–Crippen MR) is 48.0 cm³/mol. The van der Waals surface area contributed by atoms with Gasteiger partial charge in [-0.15, -0.1) is 0 Å². The minimum absolute atomic E-state index is 0.294. The van der Waals surface area contributed by atoms with Gasteiger partial charge in [0.2, 0.25) is 0 Å². The first-order valence-electron chi connectivity index (χ1n) is 4.17. The molecule has 0 amide bonds. The van der Waals surface area contributed by atoms with Gasteiger partial charge in [-0.1, -0.05) is 6.92 Å². The Bertz CT molecular complexity index is 102. The Balaban J connectivity index is 2.13. The lowest BCUT2D eigenvalue weighted by Gasteiger charge is -2.23. The smallest absolute Gasteiger partial charge is 0.0547 e. The maximum absolute atomic E-state index is 8.81. The molecule has 1 aliphatic rings. The fraction of sp³-hybridized carbons (Fsp3) is 1.00. The second-order valence-corrected chi connectivity index (χ2v) is 4.68. The summed E-state index contributed by atoms with van der Waals surface area (Å²) in [5.41, 5.74) is 0. The van der Waals surface area contributed by atoms with E-state index < -0.39 is 0 Å². The lowest BCUT2D eigenvalue weighted by atomic mass is 10.2. The number of rotatable bonds is 3. The first-order chi connectivity index (χ1) is 5.33. The van der Waals surface area contributed by atoms with Gasteiger partial charge >= 0.3 is 0 Å². The zero-order valence-corrected chi connectivity index (χ0v) is 7.77. The second kappa shape index (κ2) is 5.01. The Morgan fingerprint density at radius 3 is 2.73 bits per heavy atom. The zero-order valence-electron chi connectivity index (χ0n) is 6.95. The van der Waals surface area contributed by atoms with Crippen molar-refractivity contribution < 1.29 is 9.84 Å². The van der Waals surface area contributed by atoms with Gasteiger partial charge in [-0.3, -0.25) is 0 Å². The molecule has 1 heterocycles. The average molecular weight is 176 g/mol. The third-order valence-corrected chi connectivity index (χ3v) is 3.32. The van der Waals surface area contributed by atoms with E-state index in [9.17, 15) is 0 Å². The summed E-state index contributed by atoms with van der Waals surface area (Å²) in [6.45, 7) is 4.16. The summed E-state index contributed by atoms with van der Waals surface area (Å²) in [6, 6.07) is 0. The maximum Gasteiger partial charge on any atom is 0.0547 e. The van der Waals surface area contributed by atoms with Crippen LogP contribution < -0.4 is 0 Å². The molecule has 0 aliphatic carbocycles. The van der Waals surface area contributed by atoms with Crippen molar-refractivity contribution in [3.63, 3.8) is 0 Å². The summed E-state index contributed by atoms with van der Waals surface area (Å²) in [7, 11) is 0. The van der Waals surface area contributed by atoms with E-state index in [2.05, 4.69) is 6.92 Å². The van der Waals surface area contributed by atoms with Crippen LogP contribution in [0.15, 0.2) is 0 Å². The van der Waals surface area contributed by atoms with E-state index in [4.69, 9.17) is 9.84 Å². The zero-order chi connectivity index (χ0) is 8.10. The number of hydrogen-bond donors (Lipinski definition) is 1. The summed E-state index contributed by atoms with van der Waals surface area (Å²) in [6.07, 6.45) is 2.30. The molecule has 1 aliphatic heterocycles. The first kappa shape index (κ1) is 9.36. The molecule has 11 heavy (non-hydrogen) atoms. The van der Waals surface area contributed by atoms with Crippen LogP contribution in [-0.2, 0) is 4.74 Å². The molecular weight excluding hydrogens is 160 g/mol. The standard InChI is InChI=1S/C8H16O2S/c1-7(6-9)11-8-2-4-10-5-3-8/h7-9H,2-6H2,1H3. The highest BCUT2D eigenvalue weighted by molar-refractivity contribution is 8.00. The summed E-state index contributed by atoms with van der Waals surface area (Å²) in [5.74, 6) is 0. The van der Waals surface area contributed by atoms with Crippen LogP contribution in [0.5, 0.6) is 0 Å². The fourth-order valence-electron chi connectivity index (χ4n) is 1.18. The molecule has 0 aromatic heterocycles. The van der Waals surface area contributed by atoms with Crippen molar-refractivity contribution in [1.82, 2.24) is 0 Å². The van der Waals surface area contributed by atoms with E-state index in [-0.39, 0.29) is 0 Å². The van der Waals surface area contributed by atoms with Gasteiger partial charge in [-0.2, -0.15) is 11.8 Å². The lowest BCUT2D eigenvalue weighted by molar-refractivity contribution is 0.0998. The molecular formula is C8H16O2S. The first-order valence-corrected chi connectivity index (χ1v) is 5.11. The molecule has 1 saturated heterocycles. The van der Waals surface area contributed by atoms with Gasteiger partial charge in [0.05, 0.1) is 6.61 Å². The molecule has 1 atom stereocenters. The topological polar surface area (TPSA) is 29.5 Å². The van der Waals surface area contributed by atoms with E-state index in [0.29, 0.717) is 17.1 Å². The molecule has 2 nitrogen and oxygen atoms in total. The number of ether oxygens (including phenoxy) is 1. The second-order valence-electron chi connectivity index (χ2n) is 2.94. The minimum atomic E-state index is 0.294. The van der Waals surface area contributed by atoms with Crippen molar-refractivity contribution in [2.45, 2.75) is 30.3 Å². The molecule has 0 saturated carbocycles. The summed E-state index contributed by atoms with van der Waals surface area (Å²) >= 11 is 1.89. The SMILES string of the molecule is CC(CO)SC1CCOCC1. The Kier molecular flexibility index (Phi) is 4.26. The number of hydrogen-bond acceptors (Lipinski definition) is 3. The predicted octanol–water partition coefficient (Wildman–Crippen LogP) is 1.28. The maximum atomic E-state index is 8.81. The van der Waals surface area contributed by atoms with Crippen LogP contribution in [0.25, 0.3) is 0 Å². The fourth-order valence-corrected chi connectivity index (χ4v) is 2.39. The van der Waals surface area contributed by atoms with Crippen molar-refractivity contribution in [3.8, 4) is 0 Å². The van der Waals surface area contributed by atoms with Crippen LogP contribution >= 0.6 is 11.8 Å².